The summed E-state index contributed by atoms with van der Waals surface area (Å²) in [5, 5.41) is 33.7. The molecule has 0 aliphatic rings. The molecule has 154 valence electrons. The summed E-state index contributed by atoms with van der Waals surface area (Å²) in [7, 11) is 0. The molecular formula is C25H14N2O4S. The summed E-state index contributed by atoms with van der Waals surface area (Å²) >= 11 is 1.23. The van der Waals surface area contributed by atoms with Crippen LogP contribution in [-0.2, 0) is 0 Å². The highest BCUT2D eigenvalue weighted by molar-refractivity contribution is 7.11. The van der Waals surface area contributed by atoms with Crippen molar-refractivity contribution in [2.75, 3.05) is 0 Å². The van der Waals surface area contributed by atoms with Crippen LogP contribution in [0.15, 0.2) is 75.3 Å². The van der Waals surface area contributed by atoms with E-state index in [1.54, 1.807) is 29.7 Å². The number of hydrogen-bond donors (Lipinski definition) is 2. The Hall–Kier alpha value is -4.41. The lowest BCUT2D eigenvalue weighted by molar-refractivity contribution is 0.403. The smallest absolute Gasteiger partial charge is 0.345 e. The van der Waals surface area contributed by atoms with E-state index in [-0.39, 0.29) is 17.1 Å². The van der Waals surface area contributed by atoms with Gasteiger partial charge < -0.3 is 14.6 Å². The van der Waals surface area contributed by atoms with Gasteiger partial charge in [-0.3, -0.25) is 0 Å². The van der Waals surface area contributed by atoms with Gasteiger partial charge in [0.15, 0.2) is 11.5 Å². The summed E-state index contributed by atoms with van der Waals surface area (Å²) in [6.07, 6.45) is 1.55. The van der Waals surface area contributed by atoms with Crippen molar-refractivity contribution in [1.29, 1.82) is 5.26 Å². The molecule has 0 aliphatic heterocycles. The lowest BCUT2D eigenvalue weighted by Gasteiger charge is -2.04. The molecule has 0 aliphatic carbocycles. The van der Waals surface area contributed by atoms with E-state index in [0.717, 1.165) is 16.2 Å². The third-order valence-electron chi connectivity index (χ3n) is 5.08. The second kappa shape index (κ2) is 7.69. The number of aromatic hydroxyl groups is 2. The molecule has 0 bridgehead atoms. The molecule has 6 nitrogen and oxygen atoms in total. The highest BCUT2D eigenvalue weighted by atomic mass is 32.1. The van der Waals surface area contributed by atoms with E-state index in [9.17, 15) is 20.3 Å². The van der Waals surface area contributed by atoms with Crippen molar-refractivity contribution in [1.82, 2.24) is 4.98 Å². The van der Waals surface area contributed by atoms with Crippen molar-refractivity contribution >= 4 is 44.7 Å². The van der Waals surface area contributed by atoms with Crippen LogP contribution in [0, 0.1) is 11.3 Å². The van der Waals surface area contributed by atoms with Crippen LogP contribution in [0.25, 0.3) is 44.6 Å². The van der Waals surface area contributed by atoms with Crippen LogP contribution in [0.4, 0.5) is 0 Å². The molecule has 0 radical (unpaired) electrons. The second-order valence-corrected chi connectivity index (χ2v) is 7.96. The molecule has 0 unspecified atom stereocenters. The molecule has 0 spiro atoms. The highest BCUT2D eigenvalue weighted by Gasteiger charge is 2.15. The van der Waals surface area contributed by atoms with Gasteiger partial charge in [0.05, 0.1) is 16.8 Å². The lowest BCUT2D eigenvalue weighted by atomic mass is 10.0. The van der Waals surface area contributed by atoms with E-state index in [1.807, 2.05) is 30.3 Å². The molecule has 2 heterocycles. The van der Waals surface area contributed by atoms with Gasteiger partial charge in [0.2, 0.25) is 0 Å². The normalized spacial score (nSPS) is 11.7. The molecule has 0 saturated carbocycles. The number of rotatable bonds is 3. The molecule has 7 heteroatoms. The first-order valence-electron chi connectivity index (χ1n) is 9.59. The third-order valence-corrected chi connectivity index (χ3v) is 5.96. The molecule has 0 atom stereocenters. The standard InChI is InChI=1S/C25H14N2O4S/c26-12-16(9-14-5-7-21(28)22(29)10-14)24-27-20(13-32-24)19-11-18-17-4-2-1-3-15(17)6-8-23(18)31-25(19)30/h1-11,13,28-29H/b16-9-. The number of nitrogens with zero attached hydrogens (tertiary/aromatic N) is 2. The largest absolute Gasteiger partial charge is 0.504 e. The van der Waals surface area contributed by atoms with Crippen molar-refractivity contribution in [3.05, 3.63) is 87.0 Å². The van der Waals surface area contributed by atoms with Gasteiger partial charge in [-0.2, -0.15) is 5.26 Å². The van der Waals surface area contributed by atoms with Gasteiger partial charge in [0, 0.05) is 10.8 Å². The first kappa shape index (κ1) is 19.5. The molecular weight excluding hydrogens is 424 g/mol. The molecule has 5 aromatic rings. The van der Waals surface area contributed by atoms with Crippen molar-refractivity contribution in [2.24, 2.45) is 0 Å². The molecule has 2 N–H and O–H groups in total. The van der Waals surface area contributed by atoms with Gasteiger partial charge >= 0.3 is 5.63 Å². The number of benzene rings is 3. The molecule has 32 heavy (non-hydrogen) atoms. The topological polar surface area (TPSA) is 107 Å². The van der Waals surface area contributed by atoms with E-state index < -0.39 is 5.63 Å². The Bertz CT molecular complexity index is 1640. The quantitative estimate of drug-likeness (QED) is 0.166. The molecule has 3 aromatic carbocycles. The van der Waals surface area contributed by atoms with Crippen LogP contribution in [0.3, 0.4) is 0 Å². The Morgan fingerprint density at radius 2 is 1.88 bits per heavy atom. The van der Waals surface area contributed by atoms with E-state index in [0.29, 0.717) is 27.4 Å². The Morgan fingerprint density at radius 3 is 2.69 bits per heavy atom. The Morgan fingerprint density at radius 1 is 1.03 bits per heavy atom. The first-order chi connectivity index (χ1) is 15.5. The second-order valence-electron chi connectivity index (χ2n) is 7.10. The minimum atomic E-state index is -0.504. The number of thiazole rings is 1. The minimum absolute atomic E-state index is 0.243. The molecule has 0 saturated heterocycles. The van der Waals surface area contributed by atoms with Gasteiger partial charge in [0.1, 0.15) is 16.7 Å². The van der Waals surface area contributed by atoms with Crippen LogP contribution >= 0.6 is 11.3 Å². The summed E-state index contributed by atoms with van der Waals surface area (Å²) in [5.41, 5.74) is 1.53. The zero-order valence-electron chi connectivity index (χ0n) is 16.4. The molecule has 2 aromatic heterocycles. The third kappa shape index (κ3) is 3.39. The fraction of sp³-hybridized carbons (Fsp3) is 0. The average Bonchev–Trinajstić information content (AvgIpc) is 3.29. The summed E-state index contributed by atoms with van der Waals surface area (Å²) in [6.45, 7) is 0. The number of fused-ring (bicyclic) bond motifs is 3. The summed E-state index contributed by atoms with van der Waals surface area (Å²) in [6, 6.07) is 19.7. The van der Waals surface area contributed by atoms with Crippen molar-refractivity contribution in [3.63, 3.8) is 0 Å². The number of allylic oxidation sites excluding steroid dienone is 1. The summed E-state index contributed by atoms with van der Waals surface area (Å²) < 4.78 is 5.55. The van der Waals surface area contributed by atoms with Gasteiger partial charge in [0.25, 0.3) is 0 Å². The van der Waals surface area contributed by atoms with Crippen LogP contribution in [0.2, 0.25) is 0 Å². The van der Waals surface area contributed by atoms with E-state index >= 15 is 0 Å². The lowest BCUT2D eigenvalue weighted by Crippen LogP contribution is -2.03. The van der Waals surface area contributed by atoms with Gasteiger partial charge in [-0.05, 0) is 46.7 Å². The van der Waals surface area contributed by atoms with Gasteiger partial charge in [-0.1, -0.05) is 36.4 Å². The monoisotopic (exact) mass is 438 g/mol. The fourth-order valence-corrected chi connectivity index (χ4v) is 4.30. The Labute approximate surface area is 185 Å². The fourth-order valence-electron chi connectivity index (χ4n) is 3.51. The predicted octanol–water partition coefficient (Wildman–Crippen LogP) is 5.55. The number of nitriles is 1. The van der Waals surface area contributed by atoms with E-state index in [4.69, 9.17) is 4.42 Å². The number of hydrogen-bond acceptors (Lipinski definition) is 7. The zero-order chi connectivity index (χ0) is 22.2. The minimum Gasteiger partial charge on any atom is -0.504 e. The molecule has 0 amide bonds. The van der Waals surface area contributed by atoms with Crippen LogP contribution in [0.1, 0.15) is 10.6 Å². The van der Waals surface area contributed by atoms with Crippen LogP contribution < -0.4 is 5.63 Å². The van der Waals surface area contributed by atoms with Crippen molar-refractivity contribution in [2.45, 2.75) is 0 Å². The van der Waals surface area contributed by atoms with Crippen molar-refractivity contribution in [3.8, 4) is 28.8 Å². The number of phenols is 2. The maximum Gasteiger partial charge on any atom is 0.345 e. The predicted molar refractivity (Wildman–Crippen MR) is 124 cm³/mol. The SMILES string of the molecule is N#C/C(=C/c1ccc(O)c(O)c1)c1nc(-c2cc3c(ccc4ccccc43)oc2=O)cs1. The van der Waals surface area contributed by atoms with Gasteiger partial charge in [-0.25, -0.2) is 9.78 Å². The summed E-state index contributed by atoms with van der Waals surface area (Å²) in [5.74, 6) is -0.524. The number of phenolic OH excluding ortho intramolecular Hbond substituents is 2. The van der Waals surface area contributed by atoms with E-state index in [2.05, 4.69) is 11.1 Å². The zero-order valence-corrected chi connectivity index (χ0v) is 17.3. The van der Waals surface area contributed by atoms with Gasteiger partial charge in [-0.15, -0.1) is 11.3 Å². The highest BCUT2D eigenvalue weighted by Crippen LogP contribution is 2.31. The summed E-state index contributed by atoms with van der Waals surface area (Å²) in [4.78, 5) is 17.1. The van der Waals surface area contributed by atoms with Crippen LogP contribution in [-0.4, -0.2) is 15.2 Å². The Kier molecular flexibility index (Phi) is 4.70. The average molecular weight is 438 g/mol. The first-order valence-corrected chi connectivity index (χ1v) is 10.5. The molecule has 5 rings (SSSR count). The maximum absolute atomic E-state index is 12.6. The molecule has 0 fully saturated rings. The number of aromatic nitrogens is 1. The van der Waals surface area contributed by atoms with E-state index in [1.165, 1.54) is 23.5 Å². The maximum atomic E-state index is 12.6. The Balaban J connectivity index is 1.60. The van der Waals surface area contributed by atoms with Crippen LogP contribution in [0.5, 0.6) is 11.5 Å². The van der Waals surface area contributed by atoms with Crippen molar-refractivity contribution < 1.29 is 14.6 Å².